The lowest BCUT2D eigenvalue weighted by atomic mass is 10.2. The molecule has 112 valence electrons. The molecule has 2 rings (SSSR count). The molecule has 1 heterocycles. The molecule has 0 aliphatic carbocycles. The highest BCUT2D eigenvalue weighted by Gasteiger charge is 2.40. The fourth-order valence-corrected chi connectivity index (χ4v) is 3.98. The summed E-state index contributed by atoms with van der Waals surface area (Å²) in [6, 6.07) is 6.56. The minimum Gasteiger partial charge on any atom is -0.449 e. The van der Waals surface area contributed by atoms with Gasteiger partial charge in [0.2, 0.25) is 10.0 Å². The number of sulfonamides is 1. The number of nitriles is 1. The van der Waals surface area contributed by atoms with Gasteiger partial charge in [-0.25, -0.2) is 8.42 Å². The van der Waals surface area contributed by atoms with E-state index in [1.807, 2.05) is 0 Å². The molecule has 0 amide bonds. The molecule has 1 aliphatic rings. The topological polar surface area (TPSA) is 87.5 Å². The van der Waals surface area contributed by atoms with Gasteiger partial charge in [0.15, 0.2) is 6.61 Å². The molecule has 1 atom stereocenters. The number of esters is 1. The highest BCUT2D eigenvalue weighted by Crippen LogP contribution is 2.27. The molecule has 1 aromatic carbocycles. The van der Waals surface area contributed by atoms with Crippen molar-refractivity contribution in [2.45, 2.75) is 23.8 Å². The van der Waals surface area contributed by atoms with Crippen molar-refractivity contribution in [1.29, 1.82) is 5.26 Å². The Labute approximate surface area is 127 Å². The molecule has 0 radical (unpaired) electrons. The van der Waals surface area contributed by atoms with Crippen molar-refractivity contribution in [1.82, 2.24) is 4.31 Å². The Bertz CT molecular complexity index is 666. The van der Waals surface area contributed by atoms with Crippen LogP contribution in [0.4, 0.5) is 0 Å². The van der Waals surface area contributed by atoms with Crippen LogP contribution < -0.4 is 0 Å². The van der Waals surface area contributed by atoms with E-state index < -0.39 is 22.0 Å². The predicted molar refractivity (Wildman–Crippen MR) is 74.9 cm³/mol. The van der Waals surface area contributed by atoms with E-state index in [4.69, 9.17) is 21.6 Å². The third-order valence-corrected chi connectivity index (χ3v) is 5.35. The van der Waals surface area contributed by atoms with Crippen molar-refractivity contribution < 1.29 is 17.9 Å². The summed E-state index contributed by atoms with van der Waals surface area (Å²) in [6.45, 7) is -0.137. The Kier molecular flexibility index (Phi) is 4.83. The van der Waals surface area contributed by atoms with Gasteiger partial charge in [-0.15, -0.1) is 0 Å². The summed E-state index contributed by atoms with van der Waals surface area (Å²) >= 11 is 5.74. The first-order valence-electron chi connectivity index (χ1n) is 6.28. The van der Waals surface area contributed by atoms with Crippen LogP contribution >= 0.6 is 11.6 Å². The van der Waals surface area contributed by atoms with Crippen LogP contribution in [0.1, 0.15) is 12.8 Å². The van der Waals surface area contributed by atoms with E-state index in [1.54, 1.807) is 6.07 Å². The Morgan fingerprint density at radius 3 is 2.71 bits per heavy atom. The smallest absolute Gasteiger partial charge is 0.325 e. The van der Waals surface area contributed by atoms with Gasteiger partial charge in [0.1, 0.15) is 12.1 Å². The number of rotatable bonds is 4. The van der Waals surface area contributed by atoms with Crippen molar-refractivity contribution in [3.05, 3.63) is 29.3 Å². The molecular weight excluding hydrogens is 316 g/mol. The standard InChI is InChI=1S/C13H13ClN2O4S/c14-10-3-5-11(6-4-10)21(18,19)16-8-1-2-12(16)13(17)20-9-7-15/h3-6,12H,1-2,8-9H2/t12-/m0/s1. The van der Waals surface area contributed by atoms with E-state index in [0.29, 0.717) is 17.9 Å². The molecule has 1 fully saturated rings. The minimum absolute atomic E-state index is 0.0758. The number of carbonyl (C=O) groups is 1. The molecule has 1 saturated heterocycles. The maximum Gasteiger partial charge on any atom is 0.325 e. The summed E-state index contributed by atoms with van der Waals surface area (Å²) in [7, 11) is -3.78. The van der Waals surface area contributed by atoms with Crippen molar-refractivity contribution in [2.75, 3.05) is 13.2 Å². The number of nitrogens with zero attached hydrogens (tertiary/aromatic N) is 2. The summed E-state index contributed by atoms with van der Waals surface area (Å²) in [5.74, 6) is -0.688. The summed E-state index contributed by atoms with van der Waals surface area (Å²) in [5, 5.41) is 8.85. The van der Waals surface area contributed by atoms with Crippen LogP contribution in [0.15, 0.2) is 29.2 Å². The van der Waals surface area contributed by atoms with Gasteiger partial charge in [-0.2, -0.15) is 9.57 Å². The number of benzene rings is 1. The first-order valence-corrected chi connectivity index (χ1v) is 8.09. The van der Waals surface area contributed by atoms with Crippen LogP contribution in [0.3, 0.4) is 0 Å². The number of ether oxygens (including phenoxy) is 1. The van der Waals surface area contributed by atoms with E-state index >= 15 is 0 Å². The van der Waals surface area contributed by atoms with E-state index in [1.165, 1.54) is 24.3 Å². The molecule has 1 aliphatic heterocycles. The van der Waals surface area contributed by atoms with Gasteiger partial charge < -0.3 is 4.74 Å². The van der Waals surface area contributed by atoms with Crippen LogP contribution in [0.5, 0.6) is 0 Å². The Balaban J connectivity index is 2.24. The molecule has 0 saturated carbocycles. The average Bonchev–Trinajstić information content (AvgIpc) is 2.95. The molecule has 0 unspecified atom stereocenters. The van der Waals surface area contributed by atoms with Crippen LogP contribution in [0.2, 0.25) is 5.02 Å². The quantitative estimate of drug-likeness (QED) is 0.783. The summed E-state index contributed by atoms with van der Waals surface area (Å²) < 4.78 is 30.9. The zero-order valence-corrected chi connectivity index (χ0v) is 12.6. The van der Waals surface area contributed by atoms with Gasteiger partial charge in [0.05, 0.1) is 4.90 Å². The van der Waals surface area contributed by atoms with Gasteiger partial charge in [0.25, 0.3) is 0 Å². The molecule has 0 N–H and O–H groups in total. The van der Waals surface area contributed by atoms with E-state index in [-0.39, 0.29) is 18.0 Å². The Hall–Kier alpha value is -1.62. The molecule has 1 aromatic rings. The fourth-order valence-electron chi connectivity index (χ4n) is 2.20. The maximum atomic E-state index is 12.5. The largest absolute Gasteiger partial charge is 0.449 e. The van der Waals surface area contributed by atoms with Gasteiger partial charge >= 0.3 is 5.97 Å². The van der Waals surface area contributed by atoms with Crippen LogP contribution in [-0.4, -0.2) is 37.9 Å². The van der Waals surface area contributed by atoms with Crippen molar-refractivity contribution in [3.8, 4) is 6.07 Å². The van der Waals surface area contributed by atoms with Gasteiger partial charge in [-0.3, -0.25) is 4.79 Å². The normalized spacial score (nSPS) is 19.1. The molecule has 6 nitrogen and oxygen atoms in total. The summed E-state index contributed by atoms with van der Waals surface area (Å²) in [5.41, 5.74) is 0. The molecule has 0 bridgehead atoms. The second-order valence-corrected chi connectivity index (χ2v) is 6.82. The first kappa shape index (κ1) is 15.8. The molecule has 0 spiro atoms. The Morgan fingerprint density at radius 2 is 2.10 bits per heavy atom. The number of carbonyl (C=O) groups excluding carboxylic acids is 1. The third kappa shape index (κ3) is 3.35. The SMILES string of the molecule is N#CCOC(=O)[C@@H]1CCCN1S(=O)(=O)c1ccc(Cl)cc1. The lowest BCUT2D eigenvalue weighted by Crippen LogP contribution is -2.41. The average molecular weight is 329 g/mol. The summed E-state index contributed by atoms with van der Waals surface area (Å²) in [6.07, 6.45) is 0.955. The first-order chi connectivity index (χ1) is 9.96. The lowest BCUT2D eigenvalue weighted by molar-refractivity contribution is -0.146. The fraction of sp³-hybridized carbons (Fsp3) is 0.385. The van der Waals surface area contributed by atoms with E-state index in [0.717, 1.165) is 4.31 Å². The molecule has 21 heavy (non-hydrogen) atoms. The van der Waals surface area contributed by atoms with Crippen molar-refractivity contribution in [2.24, 2.45) is 0 Å². The highest BCUT2D eigenvalue weighted by molar-refractivity contribution is 7.89. The zero-order chi connectivity index (χ0) is 15.5. The van der Waals surface area contributed by atoms with Gasteiger partial charge in [-0.1, -0.05) is 11.6 Å². The number of hydrogen-bond acceptors (Lipinski definition) is 5. The molecular formula is C13H13ClN2O4S. The van der Waals surface area contributed by atoms with Crippen molar-refractivity contribution in [3.63, 3.8) is 0 Å². The zero-order valence-electron chi connectivity index (χ0n) is 11.0. The van der Waals surface area contributed by atoms with Crippen LogP contribution in [0, 0.1) is 11.3 Å². The predicted octanol–water partition coefficient (Wildman–Crippen LogP) is 1.56. The van der Waals surface area contributed by atoms with Crippen LogP contribution in [0.25, 0.3) is 0 Å². The molecule has 8 heteroatoms. The van der Waals surface area contributed by atoms with E-state index in [2.05, 4.69) is 0 Å². The second kappa shape index (κ2) is 6.43. The van der Waals surface area contributed by atoms with Gasteiger partial charge in [0, 0.05) is 11.6 Å². The van der Waals surface area contributed by atoms with Crippen LogP contribution in [-0.2, 0) is 19.6 Å². The monoisotopic (exact) mass is 328 g/mol. The molecule has 0 aromatic heterocycles. The maximum absolute atomic E-state index is 12.5. The summed E-state index contributed by atoms with van der Waals surface area (Å²) in [4.78, 5) is 11.9. The highest BCUT2D eigenvalue weighted by atomic mass is 35.5. The number of halogens is 1. The number of hydrogen-bond donors (Lipinski definition) is 0. The van der Waals surface area contributed by atoms with E-state index in [9.17, 15) is 13.2 Å². The van der Waals surface area contributed by atoms with Gasteiger partial charge in [-0.05, 0) is 37.1 Å². The second-order valence-electron chi connectivity index (χ2n) is 4.49. The van der Waals surface area contributed by atoms with Crippen molar-refractivity contribution >= 4 is 27.6 Å². The Morgan fingerprint density at radius 1 is 1.43 bits per heavy atom. The lowest BCUT2D eigenvalue weighted by Gasteiger charge is -2.22. The third-order valence-electron chi connectivity index (χ3n) is 3.17. The minimum atomic E-state index is -3.78.